The van der Waals surface area contributed by atoms with Crippen LogP contribution in [0.25, 0.3) is 6.08 Å². The summed E-state index contributed by atoms with van der Waals surface area (Å²) in [5, 5.41) is 14.6. The lowest BCUT2D eigenvalue weighted by molar-refractivity contribution is -0.137. The number of nitrogens with zero attached hydrogens (tertiary/aromatic N) is 1. The zero-order valence-corrected chi connectivity index (χ0v) is 21.5. The van der Waals surface area contributed by atoms with Crippen LogP contribution in [0.1, 0.15) is 29.2 Å². The third-order valence-electron chi connectivity index (χ3n) is 5.42. The number of nitrogens with one attached hydrogen (secondary N) is 2. The van der Waals surface area contributed by atoms with Gasteiger partial charge < -0.3 is 20.1 Å². The number of benzene rings is 3. The van der Waals surface area contributed by atoms with Crippen molar-refractivity contribution >= 4 is 29.3 Å². The molecule has 0 aromatic heterocycles. The van der Waals surface area contributed by atoms with E-state index in [9.17, 15) is 28.0 Å². The van der Waals surface area contributed by atoms with Gasteiger partial charge in [0, 0.05) is 11.4 Å². The number of rotatable bonds is 9. The van der Waals surface area contributed by atoms with Gasteiger partial charge >= 0.3 is 6.18 Å². The molecule has 0 fully saturated rings. The van der Waals surface area contributed by atoms with Crippen LogP contribution in [0.2, 0.25) is 0 Å². The highest BCUT2D eigenvalue weighted by molar-refractivity contribution is 6.09. The molecule has 0 spiro atoms. The topological polar surface area (TPSA) is 100 Å². The molecule has 0 aliphatic carbocycles. The molecule has 3 aromatic rings. The van der Waals surface area contributed by atoms with Crippen LogP contribution >= 0.6 is 0 Å². The zero-order chi connectivity index (χ0) is 28.6. The minimum Gasteiger partial charge on any atom is -0.490 e. The molecule has 0 aliphatic rings. The largest absolute Gasteiger partial charge is 0.490 e. The Hall–Kier alpha value is -4.78. The molecule has 2 N–H and O–H groups in total. The van der Waals surface area contributed by atoms with Crippen LogP contribution in [0.5, 0.6) is 11.5 Å². The van der Waals surface area contributed by atoms with E-state index in [1.165, 1.54) is 24.3 Å². The van der Waals surface area contributed by atoms with Crippen molar-refractivity contribution in [2.24, 2.45) is 0 Å². The normalized spacial score (nSPS) is 11.4. The summed E-state index contributed by atoms with van der Waals surface area (Å²) in [4.78, 5) is 25.0. The molecule has 3 aromatic carbocycles. The van der Waals surface area contributed by atoms with Crippen molar-refractivity contribution in [3.05, 3.63) is 88.5 Å². The van der Waals surface area contributed by atoms with Crippen LogP contribution in [0.15, 0.2) is 66.2 Å². The van der Waals surface area contributed by atoms with E-state index in [-0.39, 0.29) is 41.9 Å². The second-order valence-electron chi connectivity index (χ2n) is 8.50. The van der Waals surface area contributed by atoms with Crippen molar-refractivity contribution in [2.45, 2.75) is 26.9 Å². The highest BCUT2D eigenvalue weighted by Crippen LogP contribution is 2.31. The molecule has 0 saturated carbocycles. The molecule has 2 amide bonds. The molecule has 39 heavy (non-hydrogen) atoms. The van der Waals surface area contributed by atoms with Gasteiger partial charge in [-0.3, -0.25) is 9.59 Å². The van der Waals surface area contributed by atoms with Crippen molar-refractivity contribution in [3.8, 4) is 17.6 Å². The first-order chi connectivity index (χ1) is 18.5. The minimum atomic E-state index is -4.58. The summed E-state index contributed by atoms with van der Waals surface area (Å²) >= 11 is 0. The van der Waals surface area contributed by atoms with Crippen LogP contribution in [-0.4, -0.2) is 25.0 Å². The molecule has 3 rings (SSSR count). The van der Waals surface area contributed by atoms with Crippen molar-refractivity contribution in [2.75, 3.05) is 23.8 Å². The van der Waals surface area contributed by atoms with Crippen molar-refractivity contribution in [1.82, 2.24) is 0 Å². The second-order valence-corrected chi connectivity index (χ2v) is 8.50. The molecule has 0 unspecified atom stereocenters. The van der Waals surface area contributed by atoms with E-state index in [0.29, 0.717) is 11.3 Å². The van der Waals surface area contributed by atoms with Gasteiger partial charge in [-0.1, -0.05) is 24.3 Å². The number of hydrogen-bond acceptors (Lipinski definition) is 5. The molecular weight excluding hydrogens is 511 g/mol. The quantitative estimate of drug-likeness (QED) is 0.247. The zero-order valence-electron chi connectivity index (χ0n) is 21.5. The number of ether oxygens (including phenoxy) is 2. The Morgan fingerprint density at radius 2 is 1.74 bits per heavy atom. The third kappa shape index (κ3) is 8.10. The van der Waals surface area contributed by atoms with Gasteiger partial charge in [-0.15, -0.1) is 0 Å². The fourth-order valence-electron chi connectivity index (χ4n) is 3.49. The van der Waals surface area contributed by atoms with E-state index in [1.54, 1.807) is 19.1 Å². The summed E-state index contributed by atoms with van der Waals surface area (Å²) in [5.74, 6) is -0.690. The molecule has 0 aliphatic heterocycles. The van der Waals surface area contributed by atoms with E-state index in [4.69, 9.17) is 9.47 Å². The van der Waals surface area contributed by atoms with Crippen molar-refractivity contribution < 1.29 is 32.2 Å². The number of nitriles is 1. The number of anilines is 2. The number of carbonyl (C=O) groups excluding carboxylic acids is 2. The van der Waals surface area contributed by atoms with Gasteiger partial charge in [0.25, 0.3) is 11.8 Å². The number of halogens is 3. The average Bonchev–Trinajstić information content (AvgIpc) is 2.88. The fourth-order valence-corrected chi connectivity index (χ4v) is 3.49. The predicted octanol–water partition coefficient (Wildman–Crippen LogP) is 6.28. The van der Waals surface area contributed by atoms with E-state index in [0.717, 1.165) is 29.3 Å². The summed E-state index contributed by atoms with van der Waals surface area (Å²) in [7, 11) is 0. The predicted molar refractivity (Wildman–Crippen MR) is 141 cm³/mol. The second kappa shape index (κ2) is 12.6. The maximum absolute atomic E-state index is 13.0. The van der Waals surface area contributed by atoms with Crippen LogP contribution in [-0.2, 0) is 15.8 Å². The average molecular weight is 538 g/mol. The lowest BCUT2D eigenvalue weighted by Gasteiger charge is -2.14. The molecule has 0 heterocycles. The van der Waals surface area contributed by atoms with E-state index < -0.39 is 17.6 Å². The van der Waals surface area contributed by atoms with Crippen molar-refractivity contribution in [1.29, 1.82) is 5.26 Å². The molecule has 0 atom stereocenters. The summed E-state index contributed by atoms with van der Waals surface area (Å²) < 4.78 is 50.1. The molecule has 0 bridgehead atoms. The van der Waals surface area contributed by atoms with Crippen LogP contribution < -0.4 is 20.1 Å². The van der Waals surface area contributed by atoms with Crippen LogP contribution in [0.4, 0.5) is 24.5 Å². The molecule has 202 valence electrons. The Labute approximate surface area is 223 Å². The maximum atomic E-state index is 13.0. The fraction of sp³-hybridized carbons (Fsp3) is 0.207. The first kappa shape index (κ1) is 28.8. The Kier molecular flexibility index (Phi) is 9.33. The molecule has 7 nitrogen and oxygen atoms in total. The van der Waals surface area contributed by atoms with Crippen LogP contribution in [0.3, 0.4) is 0 Å². The van der Waals surface area contributed by atoms with E-state index in [2.05, 4.69) is 10.6 Å². The summed E-state index contributed by atoms with van der Waals surface area (Å²) in [6, 6.07) is 16.2. The lowest BCUT2D eigenvalue weighted by Crippen LogP contribution is -2.21. The van der Waals surface area contributed by atoms with Crippen molar-refractivity contribution in [3.63, 3.8) is 0 Å². The van der Waals surface area contributed by atoms with Gasteiger partial charge in [0.2, 0.25) is 0 Å². The standard InChI is InChI=1S/C29H26F3N3O4/c1-4-38-26-14-20(10-11-25(26)39-17-27(36)35-24-12-18(2)8-9-19(24)3)13-21(16-33)28(37)34-23-7-5-6-22(15-23)29(30,31)32/h5-15H,4,17H2,1-3H3,(H,34,37)(H,35,36)/b21-13+. The minimum absolute atomic E-state index is 0.103. The SMILES string of the molecule is CCOc1cc(/C=C(\C#N)C(=O)Nc2cccc(C(F)(F)F)c2)ccc1OCC(=O)Nc1cc(C)ccc1C. The smallest absolute Gasteiger partial charge is 0.416 e. The number of carbonyl (C=O) groups is 2. The number of hydrogen-bond donors (Lipinski definition) is 2. The molecule has 0 radical (unpaired) electrons. The lowest BCUT2D eigenvalue weighted by atomic mass is 10.1. The van der Waals surface area contributed by atoms with Crippen LogP contribution in [0, 0.1) is 25.2 Å². The van der Waals surface area contributed by atoms with Gasteiger partial charge in [-0.25, -0.2) is 0 Å². The third-order valence-corrected chi connectivity index (χ3v) is 5.42. The van der Waals surface area contributed by atoms with Gasteiger partial charge in [-0.05, 0) is 79.9 Å². The molecular formula is C29H26F3N3O4. The van der Waals surface area contributed by atoms with Gasteiger partial charge in [-0.2, -0.15) is 18.4 Å². The maximum Gasteiger partial charge on any atom is 0.416 e. The summed E-state index contributed by atoms with van der Waals surface area (Å²) in [6.45, 7) is 5.54. The Balaban J connectivity index is 1.73. The first-order valence-electron chi connectivity index (χ1n) is 11.9. The Bertz CT molecular complexity index is 1440. The van der Waals surface area contributed by atoms with E-state index >= 15 is 0 Å². The summed E-state index contributed by atoms with van der Waals surface area (Å²) in [5.41, 5.74) is 1.63. The number of aryl methyl sites for hydroxylation is 2. The van der Waals surface area contributed by atoms with Gasteiger partial charge in [0.15, 0.2) is 18.1 Å². The summed E-state index contributed by atoms with van der Waals surface area (Å²) in [6.07, 6.45) is -3.31. The Morgan fingerprint density at radius 1 is 0.974 bits per heavy atom. The highest BCUT2D eigenvalue weighted by atomic mass is 19.4. The van der Waals surface area contributed by atoms with Gasteiger partial charge in [0.1, 0.15) is 11.6 Å². The van der Waals surface area contributed by atoms with E-state index in [1.807, 2.05) is 32.0 Å². The molecule has 10 heteroatoms. The monoisotopic (exact) mass is 537 g/mol. The Morgan fingerprint density at radius 3 is 2.44 bits per heavy atom. The number of amides is 2. The van der Waals surface area contributed by atoms with Gasteiger partial charge in [0.05, 0.1) is 12.2 Å². The first-order valence-corrected chi connectivity index (χ1v) is 11.9. The highest BCUT2D eigenvalue weighted by Gasteiger charge is 2.30. The molecule has 0 saturated heterocycles. The number of alkyl halides is 3.